The standard InChI is InChI=1S/C7H13NO4/c9-3-4-12-7(11)8-2-1-6(10)5-8/h6,9-10H,1-5H2. The van der Waals surface area contributed by atoms with Crippen LogP contribution in [0.1, 0.15) is 6.42 Å². The highest BCUT2D eigenvalue weighted by atomic mass is 16.6. The van der Waals surface area contributed by atoms with E-state index in [4.69, 9.17) is 10.2 Å². The van der Waals surface area contributed by atoms with Gasteiger partial charge in [-0.25, -0.2) is 4.79 Å². The molecule has 0 saturated carbocycles. The molecule has 0 aromatic carbocycles. The lowest BCUT2D eigenvalue weighted by molar-refractivity contribution is 0.0855. The van der Waals surface area contributed by atoms with Crippen molar-refractivity contribution in [3.63, 3.8) is 0 Å². The Labute approximate surface area is 70.5 Å². The zero-order valence-electron chi connectivity index (χ0n) is 6.77. The highest BCUT2D eigenvalue weighted by Crippen LogP contribution is 2.09. The van der Waals surface area contributed by atoms with Crippen LogP contribution in [-0.2, 0) is 4.74 Å². The maximum Gasteiger partial charge on any atom is 0.409 e. The van der Waals surface area contributed by atoms with Gasteiger partial charge in [0.2, 0.25) is 0 Å². The van der Waals surface area contributed by atoms with Crippen molar-refractivity contribution in [2.45, 2.75) is 12.5 Å². The van der Waals surface area contributed by atoms with Crippen molar-refractivity contribution in [2.75, 3.05) is 26.3 Å². The number of ether oxygens (including phenoxy) is 1. The van der Waals surface area contributed by atoms with Crippen molar-refractivity contribution >= 4 is 6.09 Å². The molecule has 0 aromatic rings. The van der Waals surface area contributed by atoms with Gasteiger partial charge in [0, 0.05) is 13.1 Å². The number of amides is 1. The Morgan fingerprint density at radius 1 is 1.67 bits per heavy atom. The fourth-order valence-corrected chi connectivity index (χ4v) is 1.13. The van der Waals surface area contributed by atoms with Crippen molar-refractivity contribution in [3.8, 4) is 0 Å². The van der Waals surface area contributed by atoms with Crippen LogP contribution in [0, 0.1) is 0 Å². The first-order valence-corrected chi connectivity index (χ1v) is 3.94. The molecule has 1 heterocycles. The molecule has 1 amide bonds. The Bertz CT molecular complexity index is 161. The average Bonchev–Trinajstić information content (AvgIpc) is 2.47. The van der Waals surface area contributed by atoms with Gasteiger partial charge < -0.3 is 19.8 Å². The lowest BCUT2D eigenvalue weighted by Crippen LogP contribution is -2.30. The van der Waals surface area contributed by atoms with Crippen molar-refractivity contribution in [2.24, 2.45) is 0 Å². The number of carbonyl (C=O) groups is 1. The molecule has 1 unspecified atom stereocenters. The normalized spacial score (nSPS) is 22.8. The number of hydrogen-bond donors (Lipinski definition) is 2. The van der Waals surface area contributed by atoms with Gasteiger partial charge in [-0.05, 0) is 6.42 Å². The maximum absolute atomic E-state index is 11.0. The fourth-order valence-electron chi connectivity index (χ4n) is 1.13. The number of likely N-dealkylation sites (tertiary alicyclic amines) is 1. The van der Waals surface area contributed by atoms with Crippen LogP contribution in [0.4, 0.5) is 4.79 Å². The molecule has 0 radical (unpaired) electrons. The number of β-amino-alcohol motifs (C(OH)–C–C–N with tert-alkyl or cyclic N) is 1. The predicted octanol–water partition coefficient (Wildman–Crippen LogP) is -0.818. The zero-order chi connectivity index (χ0) is 8.97. The number of aliphatic hydroxyl groups is 2. The van der Waals surface area contributed by atoms with Crippen molar-refractivity contribution in [3.05, 3.63) is 0 Å². The largest absolute Gasteiger partial charge is 0.447 e. The van der Waals surface area contributed by atoms with Gasteiger partial charge in [-0.3, -0.25) is 0 Å². The van der Waals surface area contributed by atoms with Gasteiger partial charge in [0.15, 0.2) is 0 Å². The van der Waals surface area contributed by atoms with Crippen LogP contribution in [0.15, 0.2) is 0 Å². The highest BCUT2D eigenvalue weighted by Gasteiger charge is 2.25. The minimum absolute atomic E-state index is 0.0193. The van der Waals surface area contributed by atoms with Crippen LogP contribution in [-0.4, -0.2) is 53.6 Å². The molecule has 1 aliphatic heterocycles. The summed E-state index contributed by atoms with van der Waals surface area (Å²) in [7, 11) is 0. The summed E-state index contributed by atoms with van der Waals surface area (Å²) >= 11 is 0. The minimum atomic E-state index is -0.458. The molecule has 0 aromatic heterocycles. The lowest BCUT2D eigenvalue weighted by Gasteiger charge is -2.14. The van der Waals surface area contributed by atoms with Gasteiger partial charge in [-0.15, -0.1) is 0 Å². The van der Waals surface area contributed by atoms with E-state index in [1.807, 2.05) is 0 Å². The molecule has 70 valence electrons. The SMILES string of the molecule is O=C(OCCO)N1CCC(O)C1. The number of aliphatic hydroxyl groups excluding tert-OH is 2. The topological polar surface area (TPSA) is 70.0 Å². The Morgan fingerprint density at radius 2 is 2.42 bits per heavy atom. The average molecular weight is 175 g/mol. The summed E-state index contributed by atoms with van der Waals surface area (Å²) in [4.78, 5) is 12.5. The molecule has 0 bridgehead atoms. The molecule has 1 aliphatic rings. The van der Waals surface area contributed by atoms with Crippen LogP contribution in [0.3, 0.4) is 0 Å². The smallest absolute Gasteiger partial charge is 0.409 e. The van der Waals surface area contributed by atoms with E-state index in [0.717, 1.165) is 0 Å². The first-order valence-electron chi connectivity index (χ1n) is 3.94. The Morgan fingerprint density at radius 3 is 2.92 bits per heavy atom. The second-order valence-corrected chi connectivity index (χ2v) is 2.73. The maximum atomic E-state index is 11.0. The van der Waals surface area contributed by atoms with Crippen molar-refractivity contribution < 1.29 is 19.7 Å². The van der Waals surface area contributed by atoms with E-state index >= 15 is 0 Å². The molecule has 1 fully saturated rings. The zero-order valence-corrected chi connectivity index (χ0v) is 6.77. The Hall–Kier alpha value is -0.810. The van der Waals surface area contributed by atoms with E-state index < -0.39 is 12.2 Å². The first-order chi connectivity index (χ1) is 5.74. The molecule has 5 heteroatoms. The molecule has 5 nitrogen and oxygen atoms in total. The van der Waals surface area contributed by atoms with Gasteiger partial charge in [0.1, 0.15) is 6.61 Å². The number of carbonyl (C=O) groups excluding carboxylic acids is 1. The van der Waals surface area contributed by atoms with E-state index in [-0.39, 0.29) is 13.2 Å². The molecule has 2 N–H and O–H groups in total. The first kappa shape index (κ1) is 9.28. The summed E-state index contributed by atoms with van der Waals surface area (Å²) in [6.45, 7) is 0.725. The van der Waals surface area contributed by atoms with Gasteiger partial charge in [-0.2, -0.15) is 0 Å². The van der Waals surface area contributed by atoms with Crippen molar-refractivity contribution in [1.82, 2.24) is 4.90 Å². The van der Waals surface area contributed by atoms with Gasteiger partial charge in [0.05, 0.1) is 12.7 Å². The van der Waals surface area contributed by atoms with Crippen molar-refractivity contribution in [1.29, 1.82) is 0 Å². The quantitative estimate of drug-likeness (QED) is 0.575. The summed E-state index contributed by atoms with van der Waals surface area (Å²) < 4.78 is 4.65. The molecule has 1 atom stereocenters. The minimum Gasteiger partial charge on any atom is -0.447 e. The Kier molecular flexibility index (Phi) is 3.31. The molecule has 1 saturated heterocycles. The van der Waals surface area contributed by atoms with Crippen LogP contribution in [0.2, 0.25) is 0 Å². The molecule has 12 heavy (non-hydrogen) atoms. The van der Waals surface area contributed by atoms with E-state index in [9.17, 15) is 4.79 Å². The van der Waals surface area contributed by atoms with Crippen LogP contribution in [0.5, 0.6) is 0 Å². The van der Waals surface area contributed by atoms with Gasteiger partial charge in [-0.1, -0.05) is 0 Å². The third-order valence-electron chi connectivity index (χ3n) is 1.74. The van der Waals surface area contributed by atoms with Gasteiger partial charge in [0.25, 0.3) is 0 Å². The summed E-state index contributed by atoms with van der Waals surface area (Å²) in [5.41, 5.74) is 0. The Balaban J connectivity index is 2.23. The molecule has 1 rings (SSSR count). The third kappa shape index (κ3) is 2.35. The van der Waals surface area contributed by atoms with Crippen LogP contribution in [0.25, 0.3) is 0 Å². The van der Waals surface area contributed by atoms with E-state index in [2.05, 4.69) is 4.74 Å². The summed E-state index contributed by atoms with van der Waals surface area (Å²) in [5, 5.41) is 17.4. The van der Waals surface area contributed by atoms with Crippen LogP contribution < -0.4 is 0 Å². The molecule has 0 aliphatic carbocycles. The molecular formula is C7H13NO4. The monoisotopic (exact) mass is 175 g/mol. The van der Waals surface area contributed by atoms with Gasteiger partial charge >= 0.3 is 6.09 Å². The summed E-state index contributed by atoms with van der Waals surface area (Å²) in [6, 6.07) is 0. The summed E-state index contributed by atoms with van der Waals surface area (Å²) in [6.07, 6.45) is -0.277. The second-order valence-electron chi connectivity index (χ2n) is 2.73. The van der Waals surface area contributed by atoms with Crippen LogP contribution >= 0.6 is 0 Å². The molecule has 0 spiro atoms. The molecular weight excluding hydrogens is 162 g/mol. The fraction of sp³-hybridized carbons (Fsp3) is 0.857. The third-order valence-corrected chi connectivity index (χ3v) is 1.74. The second kappa shape index (κ2) is 4.27. The number of nitrogens with zero attached hydrogens (tertiary/aromatic N) is 1. The lowest BCUT2D eigenvalue weighted by atomic mass is 10.3. The highest BCUT2D eigenvalue weighted by molar-refractivity contribution is 5.67. The predicted molar refractivity (Wildman–Crippen MR) is 40.6 cm³/mol. The van der Waals surface area contributed by atoms with E-state index in [0.29, 0.717) is 19.5 Å². The number of rotatable bonds is 2. The summed E-state index contributed by atoms with van der Waals surface area (Å²) in [5.74, 6) is 0. The van der Waals surface area contributed by atoms with E-state index in [1.165, 1.54) is 4.90 Å². The number of hydrogen-bond acceptors (Lipinski definition) is 4. The van der Waals surface area contributed by atoms with E-state index in [1.54, 1.807) is 0 Å².